The van der Waals surface area contributed by atoms with E-state index in [2.05, 4.69) is 15.3 Å². The molecule has 0 aliphatic rings. The van der Waals surface area contributed by atoms with Crippen LogP contribution in [0.4, 0.5) is 5.69 Å². The lowest BCUT2D eigenvalue weighted by Gasteiger charge is -2.11. The van der Waals surface area contributed by atoms with Crippen molar-refractivity contribution in [3.8, 4) is 11.4 Å². The van der Waals surface area contributed by atoms with Gasteiger partial charge in [-0.2, -0.15) is 0 Å². The van der Waals surface area contributed by atoms with Crippen molar-refractivity contribution in [1.82, 2.24) is 9.97 Å². The van der Waals surface area contributed by atoms with Crippen LogP contribution in [0.15, 0.2) is 60.8 Å². The molecule has 0 atom stereocenters. The number of hydrogen-bond donors (Lipinski definition) is 1. The molecule has 1 heterocycles. The number of nitrogens with one attached hydrogen (secondary N) is 1. The fraction of sp³-hybridized carbons (Fsp3) is 0.100. The number of aromatic nitrogens is 2. The molecule has 6 heteroatoms. The Kier molecular flexibility index (Phi) is 5.03. The van der Waals surface area contributed by atoms with E-state index in [9.17, 15) is 9.59 Å². The van der Waals surface area contributed by atoms with Crippen LogP contribution >= 0.6 is 0 Å². The lowest BCUT2D eigenvalue weighted by Crippen LogP contribution is -2.17. The van der Waals surface area contributed by atoms with Crippen molar-refractivity contribution in [2.45, 2.75) is 6.92 Å². The van der Waals surface area contributed by atoms with Gasteiger partial charge >= 0.3 is 5.97 Å². The summed E-state index contributed by atoms with van der Waals surface area (Å²) in [5.41, 5.74) is 2.41. The van der Waals surface area contributed by atoms with Crippen LogP contribution in [-0.2, 0) is 4.74 Å². The summed E-state index contributed by atoms with van der Waals surface area (Å²) in [6.45, 7) is 1.75. The lowest BCUT2D eigenvalue weighted by atomic mass is 10.1. The summed E-state index contributed by atoms with van der Waals surface area (Å²) in [7, 11) is 1.29. The molecule has 3 aromatic rings. The minimum absolute atomic E-state index is 0.280. The molecule has 0 aliphatic heterocycles. The molecular formula is C20H17N3O3. The summed E-state index contributed by atoms with van der Waals surface area (Å²) >= 11 is 0. The fourth-order valence-electron chi connectivity index (χ4n) is 2.49. The van der Waals surface area contributed by atoms with Crippen molar-refractivity contribution in [2.24, 2.45) is 0 Å². The summed E-state index contributed by atoms with van der Waals surface area (Å²) in [4.78, 5) is 33.1. The zero-order valence-electron chi connectivity index (χ0n) is 14.4. The Hall–Kier alpha value is -3.54. The Bertz CT molecular complexity index is 956. The van der Waals surface area contributed by atoms with Gasteiger partial charge in [0.15, 0.2) is 5.82 Å². The number of para-hydroxylation sites is 1. The highest BCUT2D eigenvalue weighted by molar-refractivity contribution is 6.08. The first-order valence-corrected chi connectivity index (χ1v) is 7.98. The standard InChI is InChI=1S/C20H17N3O3/c1-13-16(12-21-18(22-13)14-8-4-3-5-9-14)19(24)23-17-11-7-6-10-15(17)20(25)26-2/h3-12H,1-2H3,(H,23,24). The van der Waals surface area contributed by atoms with Gasteiger partial charge in [-0.05, 0) is 19.1 Å². The van der Waals surface area contributed by atoms with Gasteiger partial charge < -0.3 is 10.1 Å². The van der Waals surface area contributed by atoms with E-state index >= 15 is 0 Å². The van der Waals surface area contributed by atoms with E-state index in [0.717, 1.165) is 5.56 Å². The first kappa shape index (κ1) is 17.3. The first-order chi connectivity index (χ1) is 12.6. The molecule has 0 unspecified atom stereocenters. The Morgan fingerprint density at radius 1 is 0.962 bits per heavy atom. The maximum Gasteiger partial charge on any atom is 0.339 e. The summed E-state index contributed by atoms with van der Waals surface area (Å²) < 4.78 is 4.74. The van der Waals surface area contributed by atoms with E-state index < -0.39 is 11.9 Å². The second-order valence-corrected chi connectivity index (χ2v) is 5.55. The number of amides is 1. The number of methoxy groups -OCH3 is 1. The van der Waals surface area contributed by atoms with Gasteiger partial charge in [-0.25, -0.2) is 14.8 Å². The van der Waals surface area contributed by atoms with Crippen molar-refractivity contribution in [3.63, 3.8) is 0 Å². The molecular weight excluding hydrogens is 330 g/mol. The maximum atomic E-state index is 12.6. The Balaban J connectivity index is 1.87. The van der Waals surface area contributed by atoms with Gasteiger partial charge in [0.05, 0.1) is 29.6 Å². The average molecular weight is 347 g/mol. The van der Waals surface area contributed by atoms with Crippen molar-refractivity contribution in [3.05, 3.63) is 77.6 Å². The van der Waals surface area contributed by atoms with Crippen LogP contribution in [0.25, 0.3) is 11.4 Å². The molecule has 6 nitrogen and oxygen atoms in total. The smallest absolute Gasteiger partial charge is 0.339 e. The number of carbonyl (C=O) groups excluding carboxylic acids is 2. The van der Waals surface area contributed by atoms with Gasteiger partial charge in [-0.3, -0.25) is 4.79 Å². The lowest BCUT2D eigenvalue weighted by molar-refractivity contribution is 0.0602. The molecule has 1 N–H and O–H groups in total. The summed E-state index contributed by atoms with van der Waals surface area (Å²) in [6.07, 6.45) is 1.49. The predicted molar refractivity (Wildman–Crippen MR) is 97.9 cm³/mol. The normalized spacial score (nSPS) is 10.2. The van der Waals surface area contributed by atoms with Gasteiger partial charge in [0, 0.05) is 11.8 Å². The monoisotopic (exact) mass is 347 g/mol. The second kappa shape index (κ2) is 7.57. The summed E-state index contributed by atoms with van der Waals surface area (Å²) in [6, 6.07) is 16.2. The number of carbonyl (C=O) groups is 2. The van der Waals surface area contributed by atoms with Crippen LogP contribution < -0.4 is 5.32 Å². The third-order valence-electron chi connectivity index (χ3n) is 3.84. The minimum Gasteiger partial charge on any atom is -0.465 e. The molecule has 130 valence electrons. The third-order valence-corrected chi connectivity index (χ3v) is 3.84. The minimum atomic E-state index is -0.520. The first-order valence-electron chi connectivity index (χ1n) is 7.98. The Morgan fingerprint density at radius 3 is 2.35 bits per heavy atom. The van der Waals surface area contributed by atoms with E-state index in [0.29, 0.717) is 22.8 Å². The highest BCUT2D eigenvalue weighted by atomic mass is 16.5. The molecule has 0 saturated heterocycles. The van der Waals surface area contributed by atoms with E-state index in [4.69, 9.17) is 4.74 Å². The number of benzene rings is 2. The molecule has 3 rings (SSSR count). The molecule has 0 spiro atoms. The van der Waals surface area contributed by atoms with Crippen molar-refractivity contribution >= 4 is 17.6 Å². The number of aryl methyl sites for hydroxylation is 1. The van der Waals surface area contributed by atoms with Gasteiger partial charge in [-0.15, -0.1) is 0 Å². The molecule has 2 aromatic carbocycles. The molecule has 1 aromatic heterocycles. The molecule has 0 aliphatic carbocycles. The maximum absolute atomic E-state index is 12.6. The van der Waals surface area contributed by atoms with Gasteiger partial charge in [-0.1, -0.05) is 42.5 Å². The van der Waals surface area contributed by atoms with Crippen LogP contribution in [0, 0.1) is 6.92 Å². The van der Waals surface area contributed by atoms with E-state index in [-0.39, 0.29) is 5.56 Å². The number of anilines is 1. The van der Waals surface area contributed by atoms with Crippen LogP contribution in [0.1, 0.15) is 26.4 Å². The predicted octanol–water partition coefficient (Wildman–Crippen LogP) is 3.49. The topological polar surface area (TPSA) is 81.2 Å². The third kappa shape index (κ3) is 3.59. The van der Waals surface area contributed by atoms with Crippen LogP contribution in [0.5, 0.6) is 0 Å². The number of ether oxygens (including phenoxy) is 1. The molecule has 0 radical (unpaired) electrons. The molecule has 0 fully saturated rings. The van der Waals surface area contributed by atoms with Crippen molar-refractivity contribution in [2.75, 3.05) is 12.4 Å². The van der Waals surface area contributed by atoms with Crippen LogP contribution in [-0.4, -0.2) is 29.0 Å². The zero-order chi connectivity index (χ0) is 18.5. The fourth-order valence-corrected chi connectivity index (χ4v) is 2.49. The van der Waals surface area contributed by atoms with Gasteiger partial charge in [0.2, 0.25) is 0 Å². The van der Waals surface area contributed by atoms with Crippen LogP contribution in [0.3, 0.4) is 0 Å². The highest BCUT2D eigenvalue weighted by Crippen LogP contribution is 2.19. The van der Waals surface area contributed by atoms with Crippen molar-refractivity contribution in [1.29, 1.82) is 0 Å². The number of nitrogens with zero attached hydrogens (tertiary/aromatic N) is 2. The number of rotatable bonds is 4. The zero-order valence-corrected chi connectivity index (χ0v) is 14.4. The van der Waals surface area contributed by atoms with E-state index in [1.165, 1.54) is 13.3 Å². The number of esters is 1. The molecule has 1 amide bonds. The largest absolute Gasteiger partial charge is 0.465 e. The second-order valence-electron chi connectivity index (χ2n) is 5.55. The van der Waals surface area contributed by atoms with E-state index in [1.54, 1.807) is 31.2 Å². The molecule has 26 heavy (non-hydrogen) atoms. The highest BCUT2D eigenvalue weighted by Gasteiger charge is 2.17. The van der Waals surface area contributed by atoms with Crippen molar-refractivity contribution < 1.29 is 14.3 Å². The number of hydrogen-bond acceptors (Lipinski definition) is 5. The average Bonchev–Trinajstić information content (AvgIpc) is 2.68. The SMILES string of the molecule is COC(=O)c1ccccc1NC(=O)c1cnc(-c2ccccc2)nc1C. The van der Waals surface area contributed by atoms with Gasteiger partial charge in [0.25, 0.3) is 5.91 Å². The summed E-state index contributed by atoms with van der Waals surface area (Å²) in [5.74, 6) is -0.360. The van der Waals surface area contributed by atoms with Gasteiger partial charge in [0.1, 0.15) is 0 Å². The summed E-state index contributed by atoms with van der Waals surface area (Å²) in [5, 5.41) is 2.72. The van der Waals surface area contributed by atoms with E-state index in [1.807, 2.05) is 30.3 Å². The Labute approximate surface area is 150 Å². The quantitative estimate of drug-likeness (QED) is 0.731. The molecule has 0 bridgehead atoms. The Morgan fingerprint density at radius 2 is 1.65 bits per heavy atom. The van der Waals surface area contributed by atoms with Crippen LogP contribution in [0.2, 0.25) is 0 Å². The molecule has 0 saturated carbocycles.